The fourth-order valence-electron chi connectivity index (χ4n) is 3.41. The number of halogens is 3. The fraction of sp³-hybridized carbons (Fsp3) is 0.300. The summed E-state index contributed by atoms with van der Waals surface area (Å²) in [4.78, 5) is 22.2. The van der Waals surface area contributed by atoms with Crippen molar-refractivity contribution in [1.82, 2.24) is 19.7 Å². The highest BCUT2D eigenvalue weighted by atomic mass is 19.4. The summed E-state index contributed by atoms with van der Waals surface area (Å²) in [6, 6.07) is 6.43. The number of nitrogens with zero attached hydrogens (tertiary/aromatic N) is 5. The molecule has 0 spiro atoms. The van der Waals surface area contributed by atoms with E-state index in [0.29, 0.717) is 48.0 Å². The molecule has 1 aromatic carbocycles. The Balaban J connectivity index is 1.75. The van der Waals surface area contributed by atoms with Crippen LogP contribution in [-0.2, 0) is 18.0 Å². The lowest BCUT2D eigenvalue weighted by Crippen LogP contribution is -2.23. The Hall–Kier alpha value is -3.43. The van der Waals surface area contributed by atoms with Crippen molar-refractivity contribution in [3.05, 3.63) is 48.3 Å². The van der Waals surface area contributed by atoms with Gasteiger partial charge in [0.25, 0.3) is 0 Å². The van der Waals surface area contributed by atoms with Crippen molar-refractivity contribution in [3.63, 3.8) is 0 Å². The molecular weight excluding hydrogens is 399 g/mol. The second-order valence-electron chi connectivity index (χ2n) is 7.18. The zero-order valence-electron chi connectivity index (χ0n) is 16.0. The summed E-state index contributed by atoms with van der Waals surface area (Å²) < 4.78 is 40.3. The van der Waals surface area contributed by atoms with E-state index in [1.165, 1.54) is 12.1 Å². The molecule has 2 aromatic heterocycles. The van der Waals surface area contributed by atoms with E-state index >= 15 is 0 Å². The van der Waals surface area contributed by atoms with E-state index in [1.807, 2.05) is 4.90 Å². The van der Waals surface area contributed by atoms with Crippen LogP contribution in [0.2, 0.25) is 0 Å². The minimum atomic E-state index is -4.42. The molecule has 1 fully saturated rings. The number of carboxylic acids is 1. The first kappa shape index (κ1) is 19.9. The Bertz CT molecular complexity index is 1080. The zero-order valence-corrected chi connectivity index (χ0v) is 16.0. The van der Waals surface area contributed by atoms with Crippen LogP contribution < -0.4 is 4.90 Å². The van der Waals surface area contributed by atoms with Gasteiger partial charge in [-0.25, -0.2) is 9.97 Å². The Morgan fingerprint density at radius 3 is 2.47 bits per heavy atom. The van der Waals surface area contributed by atoms with Crippen molar-refractivity contribution >= 4 is 11.8 Å². The van der Waals surface area contributed by atoms with Gasteiger partial charge >= 0.3 is 12.1 Å². The van der Waals surface area contributed by atoms with E-state index in [2.05, 4.69) is 15.1 Å². The Morgan fingerprint density at radius 1 is 1.17 bits per heavy atom. The number of rotatable bonds is 4. The van der Waals surface area contributed by atoms with Gasteiger partial charge in [0.2, 0.25) is 0 Å². The van der Waals surface area contributed by atoms with Gasteiger partial charge in [-0.2, -0.15) is 18.3 Å². The van der Waals surface area contributed by atoms with E-state index in [-0.39, 0.29) is 0 Å². The molecule has 0 aliphatic carbocycles. The molecule has 0 saturated carbocycles. The highest BCUT2D eigenvalue weighted by molar-refractivity contribution is 5.73. The number of hydrogen-bond acceptors (Lipinski definition) is 5. The third kappa shape index (κ3) is 3.98. The van der Waals surface area contributed by atoms with Gasteiger partial charge < -0.3 is 10.0 Å². The molecule has 4 rings (SSSR count). The molecule has 3 aromatic rings. The monoisotopic (exact) mass is 417 g/mol. The Kier molecular flexibility index (Phi) is 4.92. The van der Waals surface area contributed by atoms with Gasteiger partial charge in [-0.05, 0) is 18.6 Å². The topological polar surface area (TPSA) is 84.1 Å². The van der Waals surface area contributed by atoms with Crippen LogP contribution in [0.1, 0.15) is 12.0 Å². The van der Waals surface area contributed by atoms with Crippen molar-refractivity contribution < 1.29 is 23.1 Å². The number of aliphatic carboxylic acids is 1. The summed E-state index contributed by atoms with van der Waals surface area (Å²) in [6.45, 7) is 0.832. The Labute approximate surface area is 169 Å². The molecular formula is C20H18F3N5O2. The molecule has 1 N–H and O–H groups in total. The van der Waals surface area contributed by atoms with Crippen LogP contribution in [0.15, 0.2) is 42.7 Å². The van der Waals surface area contributed by atoms with Gasteiger partial charge in [-0.1, -0.05) is 12.1 Å². The third-order valence-electron chi connectivity index (χ3n) is 5.05. The summed E-state index contributed by atoms with van der Waals surface area (Å²) >= 11 is 0. The number of benzene rings is 1. The molecule has 7 nitrogen and oxygen atoms in total. The number of carbonyl (C=O) groups is 1. The maximum Gasteiger partial charge on any atom is 0.416 e. The van der Waals surface area contributed by atoms with E-state index < -0.39 is 23.6 Å². The molecule has 0 unspecified atom stereocenters. The highest BCUT2D eigenvalue weighted by Crippen LogP contribution is 2.32. The highest BCUT2D eigenvalue weighted by Gasteiger charge is 2.31. The maximum absolute atomic E-state index is 12.9. The first-order valence-corrected chi connectivity index (χ1v) is 9.24. The van der Waals surface area contributed by atoms with Gasteiger partial charge in [0.15, 0.2) is 5.82 Å². The smallest absolute Gasteiger partial charge is 0.416 e. The standard InChI is InChI=1S/C20H18F3N5O2/c1-27-10-14(9-24-27)18-25-16(12-2-4-15(5-3-12)20(21,22)23)8-17(26-18)28-7-6-13(11-28)19(29)30/h2-5,8-10,13H,6-7,11H2,1H3,(H,29,30)/t13-/m1/s1. The summed E-state index contributed by atoms with van der Waals surface area (Å²) in [5, 5.41) is 13.4. The number of hydrogen-bond donors (Lipinski definition) is 1. The van der Waals surface area contributed by atoms with E-state index in [1.54, 1.807) is 30.2 Å². The first-order valence-electron chi connectivity index (χ1n) is 9.24. The van der Waals surface area contributed by atoms with E-state index in [9.17, 15) is 23.1 Å². The second kappa shape index (κ2) is 7.43. The van der Waals surface area contributed by atoms with Crippen molar-refractivity contribution in [2.24, 2.45) is 13.0 Å². The van der Waals surface area contributed by atoms with Crippen LogP contribution in [0.4, 0.5) is 19.0 Å². The van der Waals surface area contributed by atoms with Gasteiger partial charge in [0, 0.05) is 38.0 Å². The molecule has 1 aliphatic heterocycles. The quantitative estimate of drug-likeness (QED) is 0.700. The SMILES string of the molecule is Cn1cc(-c2nc(-c3ccc(C(F)(F)F)cc3)cc(N3CC[C@@H](C(=O)O)C3)n2)cn1. The lowest BCUT2D eigenvalue weighted by molar-refractivity contribution is -0.141. The number of aromatic nitrogens is 4. The minimum absolute atomic E-state index is 0.311. The van der Waals surface area contributed by atoms with Gasteiger partial charge in [0.1, 0.15) is 5.82 Å². The molecule has 1 aliphatic rings. The number of carboxylic acid groups (broad SMARTS) is 1. The van der Waals surface area contributed by atoms with Crippen LogP contribution in [0, 0.1) is 5.92 Å². The predicted octanol–water partition coefficient (Wildman–Crippen LogP) is 3.47. The van der Waals surface area contributed by atoms with Crippen LogP contribution >= 0.6 is 0 Å². The van der Waals surface area contributed by atoms with Gasteiger partial charge in [-0.15, -0.1) is 0 Å². The normalized spacial score (nSPS) is 16.8. The molecule has 1 saturated heterocycles. The number of anilines is 1. The van der Waals surface area contributed by atoms with Gasteiger partial charge in [0.05, 0.1) is 28.9 Å². The Morgan fingerprint density at radius 2 is 1.90 bits per heavy atom. The van der Waals surface area contributed by atoms with Crippen LogP contribution in [0.25, 0.3) is 22.6 Å². The maximum atomic E-state index is 12.9. The lowest BCUT2D eigenvalue weighted by atomic mass is 10.1. The molecule has 3 heterocycles. The number of alkyl halides is 3. The summed E-state index contributed by atoms with van der Waals surface area (Å²) in [5.41, 5.74) is 0.871. The second-order valence-corrected chi connectivity index (χ2v) is 7.18. The molecule has 0 bridgehead atoms. The largest absolute Gasteiger partial charge is 0.481 e. The summed E-state index contributed by atoms with van der Waals surface area (Å²) in [7, 11) is 1.75. The first-order chi connectivity index (χ1) is 14.2. The third-order valence-corrected chi connectivity index (χ3v) is 5.05. The van der Waals surface area contributed by atoms with Crippen molar-refractivity contribution in [1.29, 1.82) is 0 Å². The summed E-state index contributed by atoms with van der Waals surface area (Å²) in [6.07, 6.45) is -0.589. The lowest BCUT2D eigenvalue weighted by Gasteiger charge is -2.18. The van der Waals surface area contributed by atoms with Crippen LogP contribution in [0.5, 0.6) is 0 Å². The summed E-state index contributed by atoms with van der Waals surface area (Å²) in [5.74, 6) is -0.449. The molecule has 156 valence electrons. The minimum Gasteiger partial charge on any atom is -0.481 e. The van der Waals surface area contributed by atoms with Gasteiger partial charge in [-0.3, -0.25) is 9.48 Å². The zero-order chi connectivity index (χ0) is 21.5. The molecule has 30 heavy (non-hydrogen) atoms. The van der Waals surface area contributed by atoms with Crippen LogP contribution in [0.3, 0.4) is 0 Å². The van der Waals surface area contributed by atoms with E-state index in [4.69, 9.17) is 0 Å². The fourth-order valence-corrected chi connectivity index (χ4v) is 3.41. The molecule has 0 amide bonds. The average Bonchev–Trinajstić information content (AvgIpc) is 3.36. The van der Waals surface area contributed by atoms with Crippen molar-refractivity contribution in [2.75, 3.05) is 18.0 Å². The predicted molar refractivity (Wildman–Crippen MR) is 103 cm³/mol. The van der Waals surface area contributed by atoms with Crippen molar-refractivity contribution in [2.45, 2.75) is 12.6 Å². The molecule has 0 radical (unpaired) electrons. The average molecular weight is 417 g/mol. The molecule has 1 atom stereocenters. The number of aryl methyl sites for hydroxylation is 1. The van der Waals surface area contributed by atoms with Crippen LogP contribution in [-0.4, -0.2) is 43.9 Å². The van der Waals surface area contributed by atoms with E-state index in [0.717, 1.165) is 12.1 Å². The molecule has 10 heteroatoms. The van der Waals surface area contributed by atoms with Crippen molar-refractivity contribution in [3.8, 4) is 22.6 Å².